The molecular formula is C32H29Cl2FN4O4. The number of fused-ring (bicyclic) bond motifs is 2. The van der Waals surface area contributed by atoms with Gasteiger partial charge in [-0.3, -0.25) is 14.4 Å². The van der Waals surface area contributed by atoms with Crippen LogP contribution in [0.2, 0.25) is 10.0 Å². The quantitative estimate of drug-likeness (QED) is 0.281. The van der Waals surface area contributed by atoms with Crippen LogP contribution in [0.25, 0.3) is 0 Å². The Labute approximate surface area is 258 Å². The molecule has 0 aromatic heterocycles. The monoisotopic (exact) mass is 622 g/mol. The SMILES string of the molecule is CC(=O)OCC(C)(C)CC1NC(C(=O)Nc2ccc(C#N)cc2)C(c2cccc(Cl)c2F)C12C(=O)Nc1cc(Cl)ccc12. The number of nitrogens with zero attached hydrogens (tertiary/aromatic N) is 1. The van der Waals surface area contributed by atoms with E-state index in [-0.39, 0.29) is 23.6 Å². The van der Waals surface area contributed by atoms with Gasteiger partial charge < -0.3 is 20.7 Å². The van der Waals surface area contributed by atoms with E-state index < -0.39 is 52.4 Å². The maximum Gasteiger partial charge on any atom is 0.302 e. The zero-order chi connectivity index (χ0) is 31.1. The summed E-state index contributed by atoms with van der Waals surface area (Å²) in [5.41, 5.74) is -0.177. The third-order valence-electron chi connectivity index (χ3n) is 8.11. The number of esters is 1. The first-order valence-electron chi connectivity index (χ1n) is 13.6. The molecule has 0 aliphatic carbocycles. The van der Waals surface area contributed by atoms with Crippen LogP contribution in [-0.2, 0) is 24.5 Å². The highest BCUT2D eigenvalue weighted by atomic mass is 35.5. The predicted molar refractivity (Wildman–Crippen MR) is 161 cm³/mol. The Morgan fingerprint density at radius 2 is 1.86 bits per heavy atom. The average Bonchev–Trinajstić information content (AvgIpc) is 3.43. The van der Waals surface area contributed by atoms with E-state index in [1.807, 2.05) is 19.9 Å². The lowest BCUT2D eigenvalue weighted by molar-refractivity contribution is -0.144. The minimum absolute atomic E-state index is 0.0595. The first kappa shape index (κ1) is 30.5. The third kappa shape index (κ3) is 5.58. The lowest BCUT2D eigenvalue weighted by atomic mass is 9.62. The highest BCUT2D eigenvalue weighted by Crippen LogP contribution is 2.57. The molecule has 1 saturated heterocycles. The molecule has 3 aromatic rings. The summed E-state index contributed by atoms with van der Waals surface area (Å²) in [5, 5.41) is 18.6. The largest absolute Gasteiger partial charge is 0.465 e. The second-order valence-corrected chi connectivity index (χ2v) is 12.5. The molecule has 1 fully saturated rings. The lowest BCUT2D eigenvalue weighted by Crippen LogP contribution is -2.50. The van der Waals surface area contributed by atoms with Crippen molar-refractivity contribution in [2.24, 2.45) is 5.41 Å². The number of hydrogen-bond acceptors (Lipinski definition) is 6. The molecule has 4 unspecified atom stereocenters. The first-order valence-corrected chi connectivity index (χ1v) is 14.4. The second-order valence-electron chi connectivity index (χ2n) is 11.7. The molecule has 2 aliphatic heterocycles. The summed E-state index contributed by atoms with van der Waals surface area (Å²) < 4.78 is 21.3. The van der Waals surface area contributed by atoms with Crippen molar-refractivity contribution in [3.8, 4) is 6.07 Å². The topological polar surface area (TPSA) is 120 Å². The van der Waals surface area contributed by atoms with E-state index in [0.717, 1.165) is 0 Å². The summed E-state index contributed by atoms with van der Waals surface area (Å²) in [5.74, 6) is -3.17. The van der Waals surface area contributed by atoms with Gasteiger partial charge in [0.2, 0.25) is 11.8 Å². The molecule has 43 heavy (non-hydrogen) atoms. The lowest BCUT2D eigenvalue weighted by Gasteiger charge is -2.38. The van der Waals surface area contributed by atoms with Crippen molar-refractivity contribution in [3.05, 3.63) is 93.2 Å². The van der Waals surface area contributed by atoms with Crippen molar-refractivity contribution in [1.29, 1.82) is 5.26 Å². The average molecular weight is 624 g/mol. The first-order chi connectivity index (χ1) is 20.4. The fourth-order valence-electron chi connectivity index (χ4n) is 6.30. The summed E-state index contributed by atoms with van der Waals surface area (Å²) in [6.07, 6.45) is 0.273. The molecule has 2 aliphatic rings. The number of carbonyl (C=O) groups excluding carboxylic acids is 3. The molecule has 11 heteroatoms. The number of anilines is 2. The Morgan fingerprint density at radius 1 is 1.14 bits per heavy atom. The van der Waals surface area contributed by atoms with Crippen LogP contribution < -0.4 is 16.0 Å². The molecule has 0 saturated carbocycles. The summed E-state index contributed by atoms with van der Waals surface area (Å²) >= 11 is 12.5. The molecular weight excluding hydrogens is 594 g/mol. The number of ether oxygens (including phenoxy) is 1. The van der Waals surface area contributed by atoms with Gasteiger partial charge >= 0.3 is 5.97 Å². The van der Waals surface area contributed by atoms with Gasteiger partial charge in [0.25, 0.3) is 0 Å². The summed E-state index contributed by atoms with van der Waals surface area (Å²) in [7, 11) is 0. The zero-order valence-electron chi connectivity index (χ0n) is 23.6. The van der Waals surface area contributed by atoms with Crippen molar-refractivity contribution in [2.45, 2.75) is 50.6 Å². The van der Waals surface area contributed by atoms with Gasteiger partial charge in [-0.2, -0.15) is 5.26 Å². The molecule has 5 rings (SSSR count). The van der Waals surface area contributed by atoms with Crippen LogP contribution in [0.3, 0.4) is 0 Å². The zero-order valence-corrected chi connectivity index (χ0v) is 25.1. The van der Waals surface area contributed by atoms with Crippen LogP contribution in [0.5, 0.6) is 0 Å². The minimum Gasteiger partial charge on any atom is -0.465 e. The maximum atomic E-state index is 15.9. The van der Waals surface area contributed by atoms with E-state index in [9.17, 15) is 14.4 Å². The van der Waals surface area contributed by atoms with Gasteiger partial charge in [0.15, 0.2) is 0 Å². The van der Waals surface area contributed by atoms with Gasteiger partial charge in [-0.15, -0.1) is 0 Å². The van der Waals surface area contributed by atoms with Gasteiger partial charge in [-0.1, -0.05) is 55.2 Å². The summed E-state index contributed by atoms with van der Waals surface area (Å²) in [4.78, 5) is 40.0. The fraction of sp³-hybridized carbons (Fsp3) is 0.312. The van der Waals surface area contributed by atoms with Crippen molar-refractivity contribution in [2.75, 3.05) is 17.2 Å². The Morgan fingerprint density at radius 3 is 2.53 bits per heavy atom. The number of carbonyl (C=O) groups is 3. The number of nitriles is 1. The molecule has 1 spiro atoms. The summed E-state index contributed by atoms with van der Waals surface area (Å²) in [6.45, 7) is 5.15. The van der Waals surface area contributed by atoms with Crippen LogP contribution in [0.1, 0.15) is 49.8 Å². The number of amides is 2. The fourth-order valence-corrected chi connectivity index (χ4v) is 6.65. The van der Waals surface area contributed by atoms with Crippen LogP contribution in [0.15, 0.2) is 60.7 Å². The second kappa shape index (κ2) is 11.6. The van der Waals surface area contributed by atoms with Gasteiger partial charge in [0.1, 0.15) is 11.2 Å². The molecule has 3 aromatic carbocycles. The Bertz CT molecular complexity index is 1660. The van der Waals surface area contributed by atoms with Crippen molar-refractivity contribution in [1.82, 2.24) is 5.32 Å². The van der Waals surface area contributed by atoms with Gasteiger partial charge in [-0.05, 0) is 60.0 Å². The Kier molecular flexibility index (Phi) is 8.23. The minimum atomic E-state index is -1.48. The van der Waals surface area contributed by atoms with Crippen molar-refractivity contribution < 1.29 is 23.5 Å². The highest BCUT2D eigenvalue weighted by Gasteiger charge is 2.66. The third-order valence-corrected chi connectivity index (χ3v) is 8.64. The molecule has 2 heterocycles. The van der Waals surface area contributed by atoms with Crippen LogP contribution in [0, 0.1) is 22.6 Å². The van der Waals surface area contributed by atoms with Gasteiger partial charge in [0.05, 0.1) is 29.3 Å². The van der Waals surface area contributed by atoms with Gasteiger partial charge in [0, 0.05) is 40.7 Å². The number of rotatable bonds is 7. The Hall–Kier alpha value is -3.97. The van der Waals surface area contributed by atoms with Crippen molar-refractivity contribution in [3.63, 3.8) is 0 Å². The molecule has 4 atom stereocenters. The van der Waals surface area contributed by atoms with E-state index in [1.165, 1.54) is 19.1 Å². The number of hydrogen-bond donors (Lipinski definition) is 3. The van der Waals surface area contributed by atoms with E-state index in [2.05, 4.69) is 16.0 Å². The number of nitrogens with one attached hydrogen (secondary N) is 3. The molecule has 2 amide bonds. The summed E-state index contributed by atoms with van der Waals surface area (Å²) in [6, 6.07) is 16.0. The highest BCUT2D eigenvalue weighted by molar-refractivity contribution is 6.31. The van der Waals surface area contributed by atoms with Crippen LogP contribution in [-0.4, -0.2) is 36.5 Å². The number of halogens is 3. The Balaban J connectivity index is 1.69. The van der Waals surface area contributed by atoms with E-state index >= 15 is 4.39 Å². The van der Waals surface area contributed by atoms with E-state index in [4.69, 9.17) is 33.2 Å². The normalized spacial score (nSPS) is 22.5. The molecule has 3 N–H and O–H groups in total. The van der Waals surface area contributed by atoms with E-state index in [0.29, 0.717) is 27.5 Å². The number of benzene rings is 3. The predicted octanol–water partition coefficient (Wildman–Crippen LogP) is 5.94. The molecule has 0 radical (unpaired) electrons. The van der Waals surface area contributed by atoms with Crippen molar-refractivity contribution >= 4 is 52.4 Å². The standard InChI is InChI=1S/C32H29Cl2FN4O4/c1-17(40)43-16-31(2,3)14-25-32(22-12-9-19(33)13-24(22)38-30(32)42)26(21-5-4-6-23(34)27(21)35)28(39-25)29(41)37-20-10-7-18(15-36)8-11-20/h4-13,25-26,28,39H,14,16H2,1-3H3,(H,37,41)(H,38,42). The van der Waals surface area contributed by atoms with Gasteiger partial charge in [-0.25, -0.2) is 4.39 Å². The molecule has 8 nitrogen and oxygen atoms in total. The van der Waals surface area contributed by atoms with Crippen LogP contribution in [0.4, 0.5) is 15.8 Å². The maximum absolute atomic E-state index is 15.9. The molecule has 222 valence electrons. The van der Waals surface area contributed by atoms with E-state index in [1.54, 1.807) is 48.5 Å². The smallest absolute Gasteiger partial charge is 0.302 e. The molecule has 0 bridgehead atoms. The van der Waals surface area contributed by atoms with Crippen LogP contribution >= 0.6 is 23.2 Å².